The van der Waals surface area contributed by atoms with Crippen LogP contribution < -0.4 is 5.32 Å². The number of amides is 1. The molecule has 0 spiro atoms. The lowest BCUT2D eigenvalue weighted by Crippen LogP contribution is -2.47. The Morgan fingerprint density at radius 2 is 1.86 bits per heavy atom. The first kappa shape index (κ1) is 20.0. The molecule has 154 valence electrons. The average molecular weight is 396 g/mol. The largest absolute Gasteiger partial charge is 0.356 e. The molecule has 1 amide bonds. The van der Waals surface area contributed by atoms with E-state index in [9.17, 15) is 9.18 Å². The van der Waals surface area contributed by atoms with Gasteiger partial charge >= 0.3 is 0 Å². The minimum atomic E-state index is -0.199. The number of hydrogen-bond acceptors (Lipinski definition) is 3. The molecule has 0 aromatic heterocycles. The summed E-state index contributed by atoms with van der Waals surface area (Å²) in [6.07, 6.45) is 1.68. The van der Waals surface area contributed by atoms with Crippen molar-refractivity contribution in [3.63, 3.8) is 0 Å². The van der Waals surface area contributed by atoms with E-state index in [2.05, 4.69) is 52.5 Å². The van der Waals surface area contributed by atoms with Gasteiger partial charge in [0.05, 0.1) is 0 Å². The molecule has 1 aliphatic heterocycles. The third-order valence-electron chi connectivity index (χ3n) is 6.23. The van der Waals surface area contributed by atoms with Crippen LogP contribution in [-0.2, 0) is 4.79 Å². The van der Waals surface area contributed by atoms with E-state index < -0.39 is 0 Å². The SMILES string of the molecule is CN1CCN(CCCNC(=O)C2CC2c2ccccc2F)C(c2ccccc2)C1. The van der Waals surface area contributed by atoms with E-state index in [1.807, 2.05) is 6.07 Å². The predicted octanol–water partition coefficient (Wildman–Crippen LogP) is 3.42. The zero-order valence-corrected chi connectivity index (χ0v) is 17.1. The number of nitrogens with zero attached hydrogens (tertiary/aromatic N) is 2. The third kappa shape index (κ3) is 4.85. The molecule has 5 heteroatoms. The second kappa shape index (κ2) is 9.06. The number of carbonyl (C=O) groups is 1. The maximum absolute atomic E-state index is 13.9. The third-order valence-corrected chi connectivity index (χ3v) is 6.23. The van der Waals surface area contributed by atoms with Gasteiger partial charge in [0.15, 0.2) is 0 Å². The van der Waals surface area contributed by atoms with E-state index in [-0.39, 0.29) is 23.6 Å². The van der Waals surface area contributed by atoms with Gasteiger partial charge in [-0.3, -0.25) is 9.69 Å². The van der Waals surface area contributed by atoms with Crippen molar-refractivity contribution in [2.45, 2.75) is 24.8 Å². The monoisotopic (exact) mass is 395 g/mol. The number of piperazine rings is 1. The first-order valence-corrected chi connectivity index (χ1v) is 10.6. The van der Waals surface area contributed by atoms with Crippen LogP contribution in [0.25, 0.3) is 0 Å². The number of benzene rings is 2. The maximum atomic E-state index is 13.9. The number of carbonyl (C=O) groups excluding carboxylic acids is 1. The van der Waals surface area contributed by atoms with Gasteiger partial charge in [-0.05, 0) is 43.0 Å². The van der Waals surface area contributed by atoms with Crippen molar-refractivity contribution in [3.05, 3.63) is 71.5 Å². The first-order valence-electron chi connectivity index (χ1n) is 10.6. The van der Waals surface area contributed by atoms with Crippen LogP contribution in [-0.4, -0.2) is 55.5 Å². The molecule has 1 aliphatic carbocycles. The zero-order valence-electron chi connectivity index (χ0n) is 17.1. The van der Waals surface area contributed by atoms with Gasteiger partial charge < -0.3 is 10.2 Å². The Kier molecular flexibility index (Phi) is 6.26. The minimum Gasteiger partial charge on any atom is -0.356 e. The molecule has 3 atom stereocenters. The van der Waals surface area contributed by atoms with Crippen LogP contribution in [0.15, 0.2) is 54.6 Å². The van der Waals surface area contributed by atoms with Gasteiger partial charge in [-0.15, -0.1) is 0 Å². The Balaban J connectivity index is 1.24. The lowest BCUT2D eigenvalue weighted by atomic mass is 10.0. The molecule has 2 aromatic rings. The number of hydrogen-bond donors (Lipinski definition) is 1. The second-order valence-corrected chi connectivity index (χ2v) is 8.34. The van der Waals surface area contributed by atoms with Crippen LogP contribution in [0, 0.1) is 11.7 Å². The van der Waals surface area contributed by atoms with Gasteiger partial charge in [0, 0.05) is 44.7 Å². The number of halogens is 1. The molecule has 3 unspecified atom stereocenters. The summed E-state index contributed by atoms with van der Waals surface area (Å²) in [6.45, 7) is 4.79. The van der Waals surface area contributed by atoms with E-state index in [0.717, 1.165) is 39.0 Å². The Bertz CT molecular complexity index is 828. The molecule has 2 fully saturated rings. The summed E-state index contributed by atoms with van der Waals surface area (Å²) < 4.78 is 13.9. The smallest absolute Gasteiger partial charge is 0.223 e. The van der Waals surface area contributed by atoms with Gasteiger partial charge in [-0.1, -0.05) is 48.5 Å². The summed E-state index contributed by atoms with van der Waals surface area (Å²) in [5.41, 5.74) is 2.03. The van der Waals surface area contributed by atoms with Crippen LogP contribution in [0.4, 0.5) is 4.39 Å². The fourth-order valence-electron chi connectivity index (χ4n) is 4.45. The van der Waals surface area contributed by atoms with Crippen LogP contribution >= 0.6 is 0 Å². The predicted molar refractivity (Wildman–Crippen MR) is 113 cm³/mol. The van der Waals surface area contributed by atoms with Gasteiger partial charge in [-0.2, -0.15) is 0 Å². The van der Waals surface area contributed by atoms with Crippen LogP contribution in [0.2, 0.25) is 0 Å². The highest BCUT2D eigenvalue weighted by molar-refractivity contribution is 5.82. The van der Waals surface area contributed by atoms with Crippen LogP contribution in [0.3, 0.4) is 0 Å². The highest BCUT2D eigenvalue weighted by Gasteiger charge is 2.44. The standard InChI is InChI=1S/C24H30FN3O/c1-27-14-15-28(23(17-27)18-8-3-2-4-9-18)13-7-12-26-24(29)21-16-20(21)19-10-5-6-11-22(19)25/h2-6,8-11,20-21,23H,7,12-17H2,1H3,(H,26,29). The van der Waals surface area contributed by atoms with Crippen molar-refractivity contribution in [3.8, 4) is 0 Å². The van der Waals surface area contributed by atoms with E-state index in [0.29, 0.717) is 18.2 Å². The maximum Gasteiger partial charge on any atom is 0.223 e. The van der Waals surface area contributed by atoms with E-state index in [1.54, 1.807) is 12.1 Å². The van der Waals surface area contributed by atoms with Crippen molar-refractivity contribution in [2.24, 2.45) is 5.92 Å². The minimum absolute atomic E-state index is 0.0382. The van der Waals surface area contributed by atoms with Gasteiger partial charge in [-0.25, -0.2) is 4.39 Å². The van der Waals surface area contributed by atoms with Gasteiger partial charge in [0.1, 0.15) is 5.82 Å². The summed E-state index contributed by atoms with van der Waals surface area (Å²) in [5, 5.41) is 3.07. The summed E-state index contributed by atoms with van der Waals surface area (Å²) in [4.78, 5) is 17.3. The molecule has 1 saturated heterocycles. The molecule has 0 radical (unpaired) electrons. The van der Waals surface area contributed by atoms with Crippen molar-refractivity contribution in [2.75, 3.05) is 39.8 Å². The van der Waals surface area contributed by atoms with E-state index in [1.165, 1.54) is 11.6 Å². The van der Waals surface area contributed by atoms with Crippen molar-refractivity contribution in [1.82, 2.24) is 15.1 Å². The quantitative estimate of drug-likeness (QED) is 0.730. The van der Waals surface area contributed by atoms with Gasteiger partial charge in [0.25, 0.3) is 0 Å². The molecular weight excluding hydrogens is 365 g/mol. The van der Waals surface area contributed by atoms with E-state index >= 15 is 0 Å². The normalized spacial score (nSPS) is 25.0. The highest BCUT2D eigenvalue weighted by Crippen LogP contribution is 2.48. The summed E-state index contributed by atoms with van der Waals surface area (Å²) >= 11 is 0. The molecule has 2 aliphatic rings. The number of likely N-dealkylation sites (N-methyl/N-ethyl adjacent to an activating group) is 1. The fourth-order valence-corrected chi connectivity index (χ4v) is 4.45. The van der Waals surface area contributed by atoms with Crippen molar-refractivity contribution < 1.29 is 9.18 Å². The first-order chi connectivity index (χ1) is 14.1. The lowest BCUT2D eigenvalue weighted by molar-refractivity contribution is -0.122. The summed E-state index contributed by atoms with van der Waals surface area (Å²) in [7, 11) is 2.18. The number of rotatable bonds is 7. The fraction of sp³-hybridized carbons (Fsp3) is 0.458. The molecule has 4 rings (SSSR count). The topological polar surface area (TPSA) is 35.6 Å². The highest BCUT2D eigenvalue weighted by atomic mass is 19.1. The van der Waals surface area contributed by atoms with Gasteiger partial charge in [0.2, 0.25) is 5.91 Å². The second-order valence-electron chi connectivity index (χ2n) is 8.34. The summed E-state index contributed by atoms with van der Waals surface area (Å²) in [6, 6.07) is 17.9. The Labute approximate surface area is 172 Å². The van der Waals surface area contributed by atoms with Crippen LogP contribution in [0.5, 0.6) is 0 Å². The Morgan fingerprint density at radius 1 is 1.10 bits per heavy atom. The molecule has 4 nitrogen and oxygen atoms in total. The van der Waals surface area contributed by atoms with Crippen molar-refractivity contribution in [1.29, 1.82) is 0 Å². The average Bonchev–Trinajstić information content (AvgIpc) is 3.53. The van der Waals surface area contributed by atoms with Crippen molar-refractivity contribution >= 4 is 5.91 Å². The molecule has 1 heterocycles. The molecular formula is C24H30FN3O. The molecule has 1 saturated carbocycles. The Hall–Kier alpha value is -2.24. The lowest BCUT2D eigenvalue weighted by Gasteiger charge is -2.40. The molecule has 2 aromatic carbocycles. The molecule has 0 bridgehead atoms. The Morgan fingerprint density at radius 3 is 2.66 bits per heavy atom. The number of nitrogens with one attached hydrogen (secondary N) is 1. The summed E-state index contributed by atoms with van der Waals surface area (Å²) in [5.74, 6) is -0.171. The van der Waals surface area contributed by atoms with E-state index in [4.69, 9.17) is 0 Å². The molecule has 1 N–H and O–H groups in total. The molecule has 29 heavy (non-hydrogen) atoms. The van der Waals surface area contributed by atoms with Crippen LogP contribution in [0.1, 0.15) is 35.9 Å². The zero-order chi connectivity index (χ0) is 20.2.